The maximum absolute atomic E-state index is 13.2. The van der Waals surface area contributed by atoms with E-state index in [9.17, 15) is 9.59 Å². The van der Waals surface area contributed by atoms with Gasteiger partial charge in [-0.2, -0.15) is 10.1 Å². The second kappa shape index (κ2) is 7.59. The second-order valence-corrected chi connectivity index (χ2v) is 6.69. The molecule has 0 radical (unpaired) electrons. The lowest BCUT2D eigenvalue weighted by atomic mass is 10.2. The van der Waals surface area contributed by atoms with Gasteiger partial charge in [-0.05, 0) is 33.3 Å². The van der Waals surface area contributed by atoms with Gasteiger partial charge >= 0.3 is 5.69 Å². The summed E-state index contributed by atoms with van der Waals surface area (Å²) in [7, 11) is 1.61. The molecule has 9 nitrogen and oxygen atoms in total. The van der Waals surface area contributed by atoms with Gasteiger partial charge in [0, 0.05) is 25.9 Å². The molecule has 28 heavy (non-hydrogen) atoms. The third kappa shape index (κ3) is 3.01. The number of imidazole rings is 1. The lowest BCUT2D eigenvalue weighted by Gasteiger charge is -2.10. The van der Waals surface area contributed by atoms with Gasteiger partial charge in [0.15, 0.2) is 11.2 Å². The lowest BCUT2D eigenvalue weighted by Crippen LogP contribution is -2.40. The van der Waals surface area contributed by atoms with E-state index in [2.05, 4.69) is 16.7 Å². The standard InChI is InChI=1S/C19H26N6O3/c1-7-9-23-15-16(20-18(23)25-14(5)12(3)13(4)21-25)22(6)19(27)24(17(15)26)10-11-28-8-2/h7H,1,8-11H2,2-6H3. The van der Waals surface area contributed by atoms with Crippen molar-refractivity contribution < 1.29 is 4.74 Å². The number of allylic oxidation sites excluding steroid dienone is 1. The predicted octanol–water partition coefficient (Wildman–Crippen LogP) is 1.23. The molecule has 0 unspecified atom stereocenters. The van der Waals surface area contributed by atoms with Crippen LogP contribution in [0.4, 0.5) is 0 Å². The van der Waals surface area contributed by atoms with Crippen LogP contribution in [0.25, 0.3) is 17.1 Å². The molecule has 0 aromatic carbocycles. The zero-order valence-electron chi connectivity index (χ0n) is 17.0. The fourth-order valence-electron chi connectivity index (χ4n) is 3.24. The van der Waals surface area contributed by atoms with E-state index in [0.717, 1.165) is 17.0 Å². The van der Waals surface area contributed by atoms with Gasteiger partial charge in [-0.3, -0.25) is 18.5 Å². The molecule has 3 heterocycles. The number of nitrogens with zero attached hydrogens (tertiary/aromatic N) is 6. The van der Waals surface area contributed by atoms with Crippen LogP contribution >= 0.6 is 0 Å². The fourth-order valence-corrected chi connectivity index (χ4v) is 3.24. The topological polar surface area (TPSA) is 88.9 Å². The monoisotopic (exact) mass is 386 g/mol. The molecule has 0 fully saturated rings. The number of ether oxygens (including phenoxy) is 1. The Balaban J connectivity index is 2.35. The highest BCUT2D eigenvalue weighted by atomic mass is 16.5. The fraction of sp³-hybridized carbons (Fsp3) is 0.474. The summed E-state index contributed by atoms with van der Waals surface area (Å²) in [5.41, 5.74) is 2.73. The van der Waals surface area contributed by atoms with Crippen LogP contribution in [-0.4, -0.2) is 41.7 Å². The number of aryl methyl sites for hydroxylation is 2. The van der Waals surface area contributed by atoms with Gasteiger partial charge in [-0.25, -0.2) is 9.48 Å². The van der Waals surface area contributed by atoms with Gasteiger partial charge in [0.1, 0.15) is 0 Å². The van der Waals surface area contributed by atoms with Crippen molar-refractivity contribution in [2.24, 2.45) is 7.05 Å². The Bertz CT molecular complexity index is 1160. The van der Waals surface area contributed by atoms with Crippen molar-refractivity contribution in [2.75, 3.05) is 13.2 Å². The zero-order valence-corrected chi connectivity index (χ0v) is 17.0. The number of hydrogen-bond acceptors (Lipinski definition) is 5. The summed E-state index contributed by atoms with van der Waals surface area (Å²) in [4.78, 5) is 30.5. The summed E-state index contributed by atoms with van der Waals surface area (Å²) in [6.07, 6.45) is 1.69. The molecule has 0 bridgehead atoms. The molecule has 9 heteroatoms. The molecular formula is C19H26N6O3. The van der Waals surface area contributed by atoms with Crippen LogP contribution in [0.15, 0.2) is 22.2 Å². The van der Waals surface area contributed by atoms with E-state index >= 15 is 0 Å². The molecule has 3 rings (SSSR count). The average Bonchev–Trinajstić information content (AvgIpc) is 3.16. The normalized spacial score (nSPS) is 11.5. The molecule has 3 aromatic rings. The first-order chi connectivity index (χ1) is 13.3. The summed E-state index contributed by atoms with van der Waals surface area (Å²) in [6.45, 7) is 12.9. The molecule has 0 saturated heterocycles. The van der Waals surface area contributed by atoms with Crippen LogP contribution in [0.3, 0.4) is 0 Å². The van der Waals surface area contributed by atoms with Gasteiger partial charge in [0.05, 0.1) is 18.8 Å². The third-order valence-corrected chi connectivity index (χ3v) is 5.03. The number of fused-ring (bicyclic) bond motifs is 1. The lowest BCUT2D eigenvalue weighted by molar-refractivity contribution is 0.137. The van der Waals surface area contributed by atoms with E-state index in [4.69, 9.17) is 4.74 Å². The maximum atomic E-state index is 13.2. The maximum Gasteiger partial charge on any atom is 0.332 e. The third-order valence-electron chi connectivity index (χ3n) is 5.03. The van der Waals surface area contributed by atoms with Crippen LogP contribution in [-0.2, 0) is 24.9 Å². The Morgan fingerprint density at radius 1 is 1.18 bits per heavy atom. The molecule has 3 aromatic heterocycles. The zero-order chi connectivity index (χ0) is 20.6. The Morgan fingerprint density at radius 3 is 2.46 bits per heavy atom. The van der Waals surface area contributed by atoms with Crippen molar-refractivity contribution in [3.63, 3.8) is 0 Å². The molecule has 0 N–H and O–H groups in total. The molecule has 0 spiro atoms. The quantitative estimate of drug-likeness (QED) is 0.450. The van der Waals surface area contributed by atoms with Crippen LogP contribution in [0, 0.1) is 20.8 Å². The van der Waals surface area contributed by atoms with Gasteiger partial charge in [0.2, 0.25) is 5.95 Å². The molecule has 0 saturated carbocycles. The minimum absolute atomic E-state index is 0.183. The van der Waals surface area contributed by atoms with E-state index in [1.807, 2.05) is 27.7 Å². The van der Waals surface area contributed by atoms with E-state index < -0.39 is 11.2 Å². The second-order valence-electron chi connectivity index (χ2n) is 6.69. The summed E-state index contributed by atoms with van der Waals surface area (Å²) in [5.74, 6) is 0.484. The van der Waals surface area contributed by atoms with Gasteiger partial charge in [0.25, 0.3) is 5.56 Å². The Hall–Kier alpha value is -2.94. The number of hydrogen-bond donors (Lipinski definition) is 0. The first kappa shape index (κ1) is 19.8. The SMILES string of the molecule is C=CCn1c(-n2nc(C)c(C)c2C)nc2c1c(=O)n(CCOCC)c(=O)n2C. The molecule has 150 valence electrons. The Morgan fingerprint density at radius 2 is 1.89 bits per heavy atom. The van der Waals surface area contributed by atoms with Gasteiger partial charge in [-0.1, -0.05) is 6.08 Å². The number of rotatable bonds is 7. The smallest absolute Gasteiger partial charge is 0.332 e. The molecule has 0 aliphatic carbocycles. The highest BCUT2D eigenvalue weighted by Gasteiger charge is 2.22. The summed E-state index contributed by atoms with van der Waals surface area (Å²) in [6, 6.07) is 0. The molecule has 0 amide bonds. The molecule has 0 aliphatic heterocycles. The van der Waals surface area contributed by atoms with Crippen LogP contribution in [0.2, 0.25) is 0 Å². The minimum atomic E-state index is -0.420. The number of aromatic nitrogens is 6. The predicted molar refractivity (Wildman–Crippen MR) is 107 cm³/mol. The van der Waals surface area contributed by atoms with Gasteiger partial charge in [-0.15, -0.1) is 6.58 Å². The van der Waals surface area contributed by atoms with E-state index in [1.54, 1.807) is 22.4 Å². The van der Waals surface area contributed by atoms with Gasteiger partial charge < -0.3 is 4.74 Å². The highest BCUT2D eigenvalue weighted by Crippen LogP contribution is 2.19. The van der Waals surface area contributed by atoms with Crippen molar-refractivity contribution in [2.45, 2.75) is 40.8 Å². The summed E-state index contributed by atoms with van der Waals surface area (Å²) >= 11 is 0. The van der Waals surface area contributed by atoms with Crippen LogP contribution in [0.1, 0.15) is 23.9 Å². The minimum Gasteiger partial charge on any atom is -0.380 e. The first-order valence-electron chi connectivity index (χ1n) is 9.25. The van der Waals surface area contributed by atoms with E-state index in [0.29, 0.717) is 30.3 Å². The molecule has 0 atom stereocenters. The molecule has 0 aliphatic rings. The largest absolute Gasteiger partial charge is 0.380 e. The highest BCUT2D eigenvalue weighted by molar-refractivity contribution is 5.72. The van der Waals surface area contributed by atoms with Crippen LogP contribution < -0.4 is 11.2 Å². The van der Waals surface area contributed by atoms with Crippen molar-refractivity contribution in [3.05, 3.63) is 50.4 Å². The van der Waals surface area contributed by atoms with E-state index in [1.165, 1.54) is 9.13 Å². The van der Waals surface area contributed by atoms with E-state index in [-0.39, 0.29) is 13.2 Å². The van der Waals surface area contributed by atoms with Crippen molar-refractivity contribution in [1.82, 2.24) is 28.5 Å². The Labute approximate surface area is 162 Å². The molecular weight excluding hydrogens is 360 g/mol. The van der Waals surface area contributed by atoms with Crippen molar-refractivity contribution >= 4 is 11.2 Å². The summed E-state index contributed by atoms with van der Waals surface area (Å²) in [5, 5.41) is 4.57. The van der Waals surface area contributed by atoms with Crippen LogP contribution in [0.5, 0.6) is 0 Å². The van der Waals surface area contributed by atoms with Crippen molar-refractivity contribution in [1.29, 1.82) is 0 Å². The first-order valence-corrected chi connectivity index (χ1v) is 9.25. The Kier molecular flexibility index (Phi) is 5.37. The van der Waals surface area contributed by atoms with Crippen molar-refractivity contribution in [3.8, 4) is 5.95 Å². The average molecular weight is 386 g/mol. The summed E-state index contributed by atoms with van der Waals surface area (Å²) < 4.78 is 11.4.